The van der Waals surface area contributed by atoms with Gasteiger partial charge in [-0.2, -0.15) is 0 Å². The Morgan fingerprint density at radius 3 is 2.53 bits per heavy atom. The second kappa shape index (κ2) is 4.38. The molecule has 1 aromatic carbocycles. The molecule has 1 aromatic rings. The maximum Gasteiger partial charge on any atom is 0.0681 e. The molecule has 1 aliphatic heterocycles. The van der Waals surface area contributed by atoms with Gasteiger partial charge < -0.3 is 10.0 Å². The van der Waals surface area contributed by atoms with Gasteiger partial charge in [0, 0.05) is 18.8 Å². The first-order valence-electron chi connectivity index (χ1n) is 6.22. The van der Waals surface area contributed by atoms with E-state index in [-0.39, 0.29) is 6.61 Å². The molecule has 1 aliphatic carbocycles. The Kier molecular flexibility index (Phi) is 2.73. The van der Waals surface area contributed by atoms with E-state index < -0.39 is 0 Å². The van der Waals surface area contributed by atoms with Crippen LogP contribution >= 0.6 is 0 Å². The molecule has 0 saturated heterocycles. The number of allylic oxidation sites excluding steroid dienone is 3. The molecule has 1 heterocycles. The first kappa shape index (κ1) is 10.6. The third kappa shape index (κ3) is 2.01. The van der Waals surface area contributed by atoms with Crippen LogP contribution in [0.15, 0.2) is 42.1 Å². The van der Waals surface area contributed by atoms with Gasteiger partial charge in [0.1, 0.15) is 0 Å². The van der Waals surface area contributed by atoms with Gasteiger partial charge in [-0.3, -0.25) is 0 Å². The fraction of sp³-hybridized carbons (Fsp3) is 0.333. The molecular formula is C15H17NO. The molecule has 0 fully saturated rings. The molecule has 3 rings (SSSR count). The van der Waals surface area contributed by atoms with Crippen LogP contribution in [0.3, 0.4) is 0 Å². The van der Waals surface area contributed by atoms with Crippen LogP contribution in [0.2, 0.25) is 0 Å². The molecule has 0 atom stereocenters. The Balaban J connectivity index is 1.79. The lowest BCUT2D eigenvalue weighted by Gasteiger charge is -2.26. The molecule has 0 bridgehead atoms. The molecule has 88 valence electrons. The van der Waals surface area contributed by atoms with Crippen LogP contribution in [0.4, 0.5) is 0 Å². The number of fused-ring (bicyclic) bond motifs is 1. The molecule has 0 unspecified atom stereocenters. The highest BCUT2D eigenvalue weighted by molar-refractivity contribution is 5.37. The van der Waals surface area contributed by atoms with Crippen LogP contribution in [0.1, 0.15) is 16.7 Å². The summed E-state index contributed by atoms with van der Waals surface area (Å²) in [5.74, 6) is 0. The molecule has 0 saturated carbocycles. The monoisotopic (exact) mass is 227 g/mol. The Hall–Kier alpha value is -1.54. The van der Waals surface area contributed by atoms with E-state index in [1.807, 2.05) is 6.07 Å². The normalized spacial score (nSPS) is 18.2. The van der Waals surface area contributed by atoms with E-state index in [0.29, 0.717) is 0 Å². The van der Waals surface area contributed by atoms with Crippen molar-refractivity contribution in [2.24, 2.45) is 0 Å². The van der Waals surface area contributed by atoms with Gasteiger partial charge in [-0.05, 0) is 41.7 Å². The first-order chi connectivity index (χ1) is 8.36. The van der Waals surface area contributed by atoms with E-state index in [1.54, 1.807) is 0 Å². The average molecular weight is 227 g/mol. The summed E-state index contributed by atoms with van der Waals surface area (Å²) in [6, 6.07) is 6.37. The third-order valence-corrected chi connectivity index (χ3v) is 3.65. The van der Waals surface area contributed by atoms with Crippen LogP contribution in [0.5, 0.6) is 0 Å². The number of rotatable bonds is 2. The Morgan fingerprint density at radius 1 is 1.12 bits per heavy atom. The van der Waals surface area contributed by atoms with Gasteiger partial charge in [-0.15, -0.1) is 0 Å². The largest absolute Gasteiger partial charge is 0.392 e. The molecule has 1 N–H and O–H groups in total. The minimum Gasteiger partial charge on any atom is -0.392 e. The standard InChI is InChI=1S/C15H17NO/c17-11-12-4-5-13-6-8-16(15-2-1-3-15)9-7-14(13)10-12/h1-5,10,17H,6-9,11H2. The van der Waals surface area contributed by atoms with E-state index in [9.17, 15) is 0 Å². The van der Waals surface area contributed by atoms with E-state index in [2.05, 4.69) is 35.3 Å². The van der Waals surface area contributed by atoms with Gasteiger partial charge in [0.05, 0.1) is 6.61 Å². The summed E-state index contributed by atoms with van der Waals surface area (Å²) in [6.07, 6.45) is 8.63. The third-order valence-electron chi connectivity index (χ3n) is 3.65. The lowest BCUT2D eigenvalue weighted by molar-refractivity contribution is 0.281. The predicted molar refractivity (Wildman–Crippen MR) is 68.6 cm³/mol. The van der Waals surface area contributed by atoms with Crippen LogP contribution in [0, 0.1) is 0 Å². The second-order valence-electron chi connectivity index (χ2n) is 4.70. The lowest BCUT2D eigenvalue weighted by Crippen LogP contribution is -2.26. The zero-order valence-electron chi connectivity index (χ0n) is 9.89. The van der Waals surface area contributed by atoms with Crippen molar-refractivity contribution in [1.82, 2.24) is 4.90 Å². The van der Waals surface area contributed by atoms with E-state index in [4.69, 9.17) is 5.11 Å². The fourth-order valence-electron chi connectivity index (χ4n) is 2.53. The number of aliphatic hydroxyl groups excluding tert-OH is 1. The number of nitrogens with zero attached hydrogens (tertiary/aromatic N) is 1. The summed E-state index contributed by atoms with van der Waals surface area (Å²) in [4.78, 5) is 2.44. The molecule has 2 nitrogen and oxygen atoms in total. The van der Waals surface area contributed by atoms with Crippen LogP contribution < -0.4 is 0 Å². The molecule has 0 spiro atoms. The van der Waals surface area contributed by atoms with Gasteiger partial charge in [0.15, 0.2) is 0 Å². The first-order valence-corrected chi connectivity index (χ1v) is 6.22. The summed E-state index contributed by atoms with van der Waals surface area (Å²) in [6.45, 7) is 2.32. The molecule has 2 aliphatic rings. The zero-order valence-corrected chi connectivity index (χ0v) is 9.89. The lowest BCUT2D eigenvalue weighted by atomic mass is 10.0. The predicted octanol–water partition coefficient (Wildman–Crippen LogP) is 2.03. The maximum absolute atomic E-state index is 9.17. The van der Waals surface area contributed by atoms with Crippen LogP contribution in [-0.2, 0) is 19.4 Å². The second-order valence-corrected chi connectivity index (χ2v) is 4.70. The minimum absolute atomic E-state index is 0.144. The SMILES string of the molecule is OCc1ccc2c(c1)CCN(C1=CC=C1)CC2. The number of benzene rings is 1. The number of hydrogen-bond acceptors (Lipinski definition) is 2. The zero-order chi connectivity index (χ0) is 11.7. The van der Waals surface area contributed by atoms with Crippen LogP contribution in [0.25, 0.3) is 0 Å². The van der Waals surface area contributed by atoms with Crippen molar-refractivity contribution in [1.29, 1.82) is 0 Å². The maximum atomic E-state index is 9.17. The van der Waals surface area contributed by atoms with Gasteiger partial charge in [-0.1, -0.05) is 24.3 Å². The van der Waals surface area contributed by atoms with Crippen molar-refractivity contribution in [3.8, 4) is 0 Å². The van der Waals surface area contributed by atoms with Crippen molar-refractivity contribution < 1.29 is 5.11 Å². The van der Waals surface area contributed by atoms with Gasteiger partial charge >= 0.3 is 0 Å². The highest BCUT2D eigenvalue weighted by atomic mass is 16.3. The molecular weight excluding hydrogens is 210 g/mol. The van der Waals surface area contributed by atoms with E-state index in [0.717, 1.165) is 31.5 Å². The molecule has 0 radical (unpaired) electrons. The Bertz CT molecular complexity index is 488. The molecule has 17 heavy (non-hydrogen) atoms. The average Bonchev–Trinajstić information content (AvgIpc) is 2.49. The topological polar surface area (TPSA) is 23.5 Å². The Labute approximate surface area is 102 Å². The summed E-state index contributed by atoms with van der Waals surface area (Å²) in [5.41, 5.74) is 5.23. The fourth-order valence-corrected chi connectivity index (χ4v) is 2.53. The van der Waals surface area contributed by atoms with E-state index in [1.165, 1.54) is 16.8 Å². The summed E-state index contributed by atoms with van der Waals surface area (Å²) >= 11 is 0. The quantitative estimate of drug-likeness (QED) is 0.835. The highest BCUT2D eigenvalue weighted by Crippen LogP contribution is 2.22. The Morgan fingerprint density at radius 2 is 1.88 bits per heavy atom. The van der Waals surface area contributed by atoms with Gasteiger partial charge in [0.25, 0.3) is 0 Å². The molecule has 0 aromatic heterocycles. The van der Waals surface area contributed by atoms with Gasteiger partial charge in [0.2, 0.25) is 0 Å². The van der Waals surface area contributed by atoms with Crippen molar-refractivity contribution in [3.05, 3.63) is 58.8 Å². The smallest absolute Gasteiger partial charge is 0.0681 e. The molecule has 2 heteroatoms. The molecule has 0 amide bonds. The number of aliphatic hydroxyl groups is 1. The van der Waals surface area contributed by atoms with Crippen molar-refractivity contribution in [3.63, 3.8) is 0 Å². The van der Waals surface area contributed by atoms with Crippen molar-refractivity contribution in [2.45, 2.75) is 19.4 Å². The van der Waals surface area contributed by atoms with Gasteiger partial charge in [-0.25, -0.2) is 0 Å². The van der Waals surface area contributed by atoms with Crippen molar-refractivity contribution in [2.75, 3.05) is 13.1 Å². The summed E-state index contributed by atoms with van der Waals surface area (Å²) in [5, 5.41) is 9.17. The van der Waals surface area contributed by atoms with Crippen molar-refractivity contribution >= 4 is 0 Å². The highest BCUT2D eigenvalue weighted by Gasteiger charge is 2.16. The van der Waals surface area contributed by atoms with E-state index >= 15 is 0 Å². The number of hydrogen-bond donors (Lipinski definition) is 1. The summed E-state index contributed by atoms with van der Waals surface area (Å²) < 4.78 is 0. The summed E-state index contributed by atoms with van der Waals surface area (Å²) in [7, 11) is 0. The van der Waals surface area contributed by atoms with Crippen LogP contribution in [-0.4, -0.2) is 23.1 Å². The minimum atomic E-state index is 0.144.